The van der Waals surface area contributed by atoms with Gasteiger partial charge in [-0.15, -0.1) is 0 Å². The largest absolute Gasteiger partial charge is 0.495 e. The van der Waals surface area contributed by atoms with E-state index in [1.807, 2.05) is 6.07 Å². The Morgan fingerprint density at radius 1 is 0.884 bits per heavy atom. The summed E-state index contributed by atoms with van der Waals surface area (Å²) in [5, 5.41) is 2.94. The van der Waals surface area contributed by atoms with Crippen LogP contribution in [0.25, 0.3) is 0 Å². The number of carbonyl (C=O) groups excluding carboxylic acids is 1. The molecule has 0 aromatic heterocycles. The monoisotopic (exact) mass is 618 g/mol. The van der Waals surface area contributed by atoms with Gasteiger partial charge in [0.25, 0.3) is 0 Å². The predicted molar refractivity (Wildman–Crippen MR) is 171 cm³/mol. The first-order valence-corrected chi connectivity index (χ1v) is 16.5. The van der Waals surface area contributed by atoms with Gasteiger partial charge in [-0.1, -0.05) is 53.7 Å². The molecule has 0 spiro atoms. The first-order chi connectivity index (χ1) is 20.2. The van der Waals surface area contributed by atoms with Crippen LogP contribution in [0.1, 0.15) is 85.8 Å². The number of ether oxygens (including phenoxy) is 4. The van der Waals surface area contributed by atoms with Crippen LogP contribution < -0.4 is 19.5 Å². The number of hydrogen-bond donors (Lipinski definition) is 2. The average Bonchev–Trinajstić information content (AvgIpc) is 2.97. The van der Waals surface area contributed by atoms with Crippen LogP contribution in [0.3, 0.4) is 0 Å². The number of esters is 1. The molecule has 2 rings (SSSR count). The average molecular weight is 619 g/mol. The van der Waals surface area contributed by atoms with Gasteiger partial charge in [0, 0.05) is 12.1 Å². The Labute approximate surface area is 258 Å². The van der Waals surface area contributed by atoms with E-state index in [2.05, 4.69) is 63.7 Å². The van der Waals surface area contributed by atoms with Crippen molar-refractivity contribution in [3.63, 3.8) is 0 Å². The van der Waals surface area contributed by atoms with Crippen LogP contribution >= 0.6 is 0 Å². The molecule has 0 fully saturated rings. The molecule has 0 unspecified atom stereocenters. The van der Waals surface area contributed by atoms with E-state index >= 15 is 0 Å². The molecule has 0 aliphatic rings. The zero-order chi connectivity index (χ0) is 32.3. The summed E-state index contributed by atoms with van der Waals surface area (Å²) in [5.41, 5.74) is 2.76. The van der Waals surface area contributed by atoms with Crippen LogP contribution in [-0.4, -0.2) is 47.9 Å². The molecule has 0 saturated heterocycles. The van der Waals surface area contributed by atoms with Crippen LogP contribution in [-0.2, 0) is 35.1 Å². The molecule has 9 nitrogen and oxygen atoms in total. The van der Waals surface area contributed by atoms with Crippen molar-refractivity contribution in [1.82, 2.24) is 4.72 Å². The molecule has 2 aromatic carbocycles. The Bertz CT molecular complexity index is 1350. The second kappa shape index (κ2) is 16.0. The van der Waals surface area contributed by atoms with E-state index in [9.17, 15) is 13.2 Å². The molecule has 0 atom stereocenters. The minimum Gasteiger partial charge on any atom is -0.495 e. The molecule has 2 aromatic rings. The third kappa shape index (κ3) is 10.2. The molecule has 0 bridgehead atoms. The number of nitrogens with one attached hydrogen (secondary N) is 2. The van der Waals surface area contributed by atoms with Gasteiger partial charge in [0.05, 0.1) is 43.6 Å². The fourth-order valence-corrected chi connectivity index (χ4v) is 5.29. The molecule has 240 valence electrons. The van der Waals surface area contributed by atoms with Crippen LogP contribution in [0.5, 0.6) is 11.5 Å². The van der Waals surface area contributed by atoms with Gasteiger partial charge in [0.1, 0.15) is 11.5 Å². The van der Waals surface area contributed by atoms with E-state index in [0.29, 0.717) is 24.5 Å². The van der Waals surface area contributed by atoms with Gasteiger partial charge in [-0.05, 0) is 73.8 Å². The van der Waals surface area contributed by atoms with Crippen molar-refractivity contribution in [2.75, 3.05) is 38.8 Å². The Kier molecular flexibility index (Phi) is 13.4. The second-order valence-electron chi connectivity index (χ2n) is 11.5. The molecule has 43 heavy (non-hydrogen) atoms. The van der Waals surface area contributed by atoms with Gasteiger partial charge >= 0.3 is 5.97 Å². The first-order valence-electron chi connectivity index (χ1n) is 15.0. The van der Waals surface area contributed by atoms with E-state index in [-0.39, 0.29) is 41.4 Å². The van der Waals surface area contributed by atoms with Crippen LogP contribution in [0.4, 0.5) is 5.69 Å². The summed E-state index contributed by atoms with van der Waals surface area (Å²) in [6.07, 6.45) is 3.63. The van der Waals surface area contributed by atoms with Gasteiger partial charge in [-0.25, -0.2) is 17.9 Å². The Hall–Kier alpha value is -3.24. The number of methoxy groups -OCH3 is 1. The summed E-state index contributed by atoms with van der Waals surface area (Å²) in [6.45, 7) is 17.8. The maximum atomic E-state index is 13.1. The highest BCUT2D eigenvalue weighted by Crippen LogP contribution is 2.38. The van der Waals surface area contributed by atoms with Crippen molar-refractivity contribution >= 4 is 21.7 Å². The van der Waals surface area contributed by atoms with E-state index in [1.54, 1.807) is 13.8 Å². The number of anilines is 1. The maximum Gasteiger partial charge on any atom is 0.336 e. The standard InChI is InChI=1S/C33H50N2O7S/c1-10-32(5,6)24-15-17-28(26(21-24)33(7,8)11-2)42-20-14-19-34-43(37,38)25-16-18-29(39-9)27(22-25)35-30(40-12-3)23-31(36)41-13-4/h15-18,21-23,34-35H,10-14,19-20H2,1-9H3. The highest BCUT2D eigenvalue weighted by Gasteiger charge is 2.26. The lowest BCUT2D eigenvalue weighted by Gasteiger charge is -2.30. The summed E-state index contributed by atoms with van der Waals surface area (Å²) >= 11 is 0. The van der Waals surface area contributed by atoms with Crippen molar-refractivity contribution in [3.05, 3.63) is 59.5 Å². The molecular formula is C33H50N2O7S. The number of carbonyl (C=O) groups is 1. The molecule has 2 N–H and O–H groups in total. The normalized spacial score (nSPS) is 12.5. The summed E-state index contributed by atoms with van der Waals surface area (Å²) in [6, 6.07) is 10.9. The van der Waals surface area contributed by atoms with Crippen molar-refractivity contribution in [2.45, 2.75) is 90.4 Å². The molecular weight excluding hydrogens is 568 g/mol. The molecule has 0 radical (unpaired) electrons. The quantitative estimate of drug-likeness (QED) is 0.0825. The van der Waals surface area contributed by atoms with Crippen LogP contribution in [0, 0.1) is 0 Å². The van der Waals surface area contributed by atoms with Crippen LogP contribution in [0.2, 0.25) is 0 Å². The Morgan fingerprint density at radius 3 is 2.14 bits per heavy atom. The minimum atomic E-state index is -3.85. The number of benzene rings is 2. The fourth-order valence-electron chi connectivity index (χ4n) is 4.19. The molecule has 0 aliphatic heterocycles. The van der Waals surface area contributed by atoms with Crippen molar-refractivity contribution < 1.29 is 32.2 Å². The van der Waals surface area contributed by atoms with Gasteiger partial charge < -0.3 is 24.3 Å². The second-order valence-corrected chi connectivity index (χ2v) is 13.2. The van der Waals surface area contributed by atoms with Crippen molar-refractivity contribution in [1.29, 1.82) is 0 Å². The molecule has 0 heterocycles. The smallest absolute Gasteiger partial charge is 0.336 e. The first kappa shape index (κ1) is 36.0. The lowest BCUT2D eigenvalue weighted by Crippen LogP contribution is -2.26. The van der Waals surface area contributed by atoms with E-state index in [0.717, 1.165) is 30.2 Å². The topological polar surface area (TPSA) is 112 Å². The van der Waals surface area contributed by atoms with Gasteiger partial charge in [0.2, 0.25) is 10.0 Å². The summed E-state index contributed by atoms with van der Waals surface area (Å²) < 4.78 is 50.9. The Morgan fingerprint density at radius 2 is 1.53 bits per heavy atom. The highest BCUT2D eigenvalue weighted by atomic mass is 32.2. The minimum absolute atomic E-state index is 0.0322. The fraction of sp³-hybridized carbons (Fsp3) is 0.545. The third-order valence-corrected chi connectivity index (χ3v) is 9.16. The summed E-state index contributed by atoms with van der Waals surface area (Å²) in [5.74, 6) is 0.727. The van der Waals surface area contributed by atoms with Crippen LogP contribution in [0.15, 0.2) is 53.3 Å². The SMILES string of the molecule is CCOC(=O)C=C(Nc1cc(S(=O)(=O)NCCCOc2ccc(C(C)(C)CC)cc2C(C)(C)CC)ccc1OC)OCC. The zero-order valence-electron chi connectivity index (χ0n) is 27.3. The number of hydrogen-bond acceptors (Lipinski definition) is 8. The lowest BCUT2D eigenvalue weighted by atomic mass is 9.76. The van der Waals surface area contributed by atoms with Gasteiger partial charge in [-0.2, -0.15) is 0 Å². The van der Waals surface area contributed by atoms with Crippen molar-refractivity contribution in [3.8, 4) is 11.5 Å². The zero-order valence-corrected chi connectivity index (χ0v) is 28.1. The highest BCUT2D eigenvalue weighted by molar-refractivity contribution is 7.89. The summed E-state index contributed by atoms with van der Waals surface area (Å²) in [4.78, 5) is 12.0. The van der Waals surface area contributed by atoms with E-state index < -0.39 is 16.0 Å². The maximum absolute atomic E-state index is 13.1. The predicted octanol–water partition coefficient (Wildman–Crippen LogP) is 6.67. The number of rotatable bonds is 18. The molecule has 0 amide bonds. The number of sulfonamides is 1. The molecule has 10 heteroatoms. The third-order valence-electron chi connectivity index (χ3n) is 7.70. The Balaban J connectivity index is 2.13. The van der Waals surface area contributed by atoms with Gasteiger partial charge in [0.15, 0.2) is 5.88 Å². The molecule has 0 saturated carbocycles. The lowest BCUT2D eigenvalue weighted by molar-refractivity contribution is -0.137. The van der Waals surface area contributed by atoms with E-state index in [4.69, 9.17) is 18.9 Å². The van der Waals surface area contributed by atoms with Crippen molar-refractivity contribution in [2.24, 2.45) is 0 Å². The summed E-state index contributed by atoms with van der Waals surface area (Å²) in [7, 11) is -2.38. The van der Waals surface area contributed by atoms with E-state index in [1.165, 1.54) is 30.9 Å². The van der Waals surface area contributed by atoms with Gasteiger partial charge in [-0.3, -0.25) is 0 Å². The molecule has 0 aliphatic carbocycles.